The Morgan fingerprint density at radius 2 is 1.95 bits per heavy atom. The number of hydrogen-bond donors (Lipinski definition) is 2. The molecule has 1 aromatic heterocycles. The molecule has 0 saturated carbocycles. The Kier molecular flexibility index (Phi) is 4.67. The SMILES string of the molecule is COC(=O)/C=C(/Nc1cc(OC)cc2cc[nH]c12)C(=O)OC. The molecule has 7 nitrogen and oxygen atoms in total. The number of ether oxygens (including phenoxy) is 3. The number of nitrogens with one attached hydrogen (secondary N) is 2. The number of carbonyl (C=O) groups excluding carboxylic acids is 2. The maximum atomic E-state index is 11.8. The minimum atomic E-state index is -0.687. The molecule has 2 N–H and O–H groups in total. The highest BCUT2D eigenvalue weighted by atomic mass is 16.5. The third-order valence-electron chi connectivity index (χ3n) is 3.01. The van der Waals surface area contributed by atoms with Crippen molar-refractivity contribution in [1.29, 1.82) is 0 Å². The highest BCUT2D eigenvalue weighted by Crippen LogP contribution is 2.29. The van der Waals surface area contributed by atoms with Crippen molar-refractivity contribution in [1.82, 2.24) is 4.98 Å². The van der Waals surface area contributed by atoms with Gasteiger partial charge in [-0.25, -0.2) is 9.59 Å². The Morgan fingerprint density at radius 3 is 2.59 bits per heavy atom. The van der Waals surface area contributed by atoms with Crippen LogP contribution in [0.15, 0.2) is 36.2 Å². The highest BCUT2D eigenvalue weighted by molar-refractivity contribution is 6.01. The average molecular weight is 304 g/mol. The Hall–Kier alpha value is -2.96. The van der Waals surface area contributed by atoms with Crippen LogP contribution in [0.4, 0.5) is 5.69 Å². The molecule has 0 atom stereocenters. The zero-order valence-electron chi connectivity index (χ0n) is 12.4. The molecule has 0 spiro atoms. The molecule has 0 bridgehead atoms. The maximum absolute atomic E-state index is 11.8. The Balaban J connectivity index is 2.45. The van der Waals surface area contributed by atoms with Gasteiger partial charge in [0, 0.05) is 17.6 Å². The lowest BCUT2D eigenvalue weighted by Gasteiger charge is -2.11. The smallest absolute Gasteiger partial charge is 0.354 e. The lowest BCUT2D eigenvalue weighted by molar-refractivity contribution is -0.138. The molecule has 0 aliphatic carbocycles. The van der Waals surface area contributed by atoms with Crippen LogP contribution in [0.3, 0.4) is 0 Å². The summed E-state index contributed by atoms with van der Waals surface area (Å²) in [6.07, 6.45) is 2.79. The Labute approximate surface area is 126 Å². The van der Waals surface area contributed by atoms with Crippen molar-refractivity contribution in [3.63, 3.8) is 0 Å². The van der Waals surface area contributed by atoms with Crippen molar-refractivity contribution in [2.75, 3.05) is 26.6 Å². The molecule has 22 heavy (non-hydrogen) atoms. The van der Waals surface area contributed by atoms with Crippen LogP contribution < -0.4 is 10.1 Å². The normalized spacial score (nSPS) is 11.1. The van der Waals surface area contributed by atoms with Crippen LogP contribution in [0.25, 0.3) is 10.9 Å². The summed E-state index contributed by atoms with van der Waals surface area (Å²) in [6, 6.07) is 5.41. The number of esters is 2. The van der Waals surface area contributed by atoms with Gasteiger partial charge in [-0.05, 0) is 12.1 Å². The quantitative estimate of drug-likeness (QED) is 0.647. The zero-order chi connectivity index (χ0) is 16.1. The van der Waals surface area contributed by atoms with Gasteiger partial charge < -0.3 is 24.5 Å². The fraction of sp³-hybridized carbons (Fsp3) is 0.200. The van der Waals surface area contributed by atoms with Crippen molar-refractivity contribution in [2.45, 2.75) is 0 Å². The first kappa shape index (κ1) is 15.4. The van der Waals surface area contributed by atoms with E-state index in [2.05, 4.69) is 19.8 Å². The van der Waals surface area contributed by atoms with Crippen molar-refractivity contribution >= 4 is 28.5 Å². The highest BCUT2D eigenvalue weighted by Gasteiger charge is 2.15. The molecule has 116 valence electrons. The summed E-state index contributed by atoms with van der Waals surface area (Å²) in [5.41, 5.74) is 1.29. The van der Waals surface area contributed by atoms with Gasteiger partial charge in [0.15, 0.2) is 0 Å². The molecule has 1 aromatic carbocycles. The van der Waals surface area contributed by atoms with Gasteiger partial charge in [-0.3, -0.25) is 0 Å². The van der Waals surface area contributed by atoms with Gasteiger partial charge in [0.05, 0.1) is 38.6 Å². The molecule has 2 aromatic rings. The standard InChI is InChI=1S/C15H16N2O5/c1-20-10-6-9-4-5-16-14(9)11(7-10)17-12(15(19)22-3)8-13(18)21-2/h4-8,16-17H,1-3H3/b12-8+. The second-order valence-electron chi connectivity index (χ2n) is 4.31. The number of methoxy groups -OCH3 is 3. The fourth-order valence-electron chi connectivity index (χ4n) is 1.94. The number of aromatic amines is 1. The third-order valence-corrected chi connectivity index (χ3v) is 3.01. The number of aromatic nitrogens is 1. The van der Waals surface area contributed by atoms with E-state index >= 15 is 0 Å². The van der Waals surface area contributed by atoms with E-state index in [1.54, 1.807) is 19.4 Å². The van der Waals surface area contributed by atoms with E-state index in [0.717, 1.165) is 17.0 Å². The number of benzene rings is 1. The van der Waals surface area contributed by atoms with Gasteiger partial charge in [-0.2, -0.15) is 0 Å². The van der Waals surface area contributed by atoms with E-state index in [4.69, 9.17) is 4.74 Å². The second-order valence-corrected chi connectivity index (χ2v) is 4.31. The van der Waals surface area contributed by atoms with Gasteiger partial charge >= 0.3 is 11.9 Å². The molecule has 0 aliphatic heterocycles. The number of anilines is 1. The topological polar surface area (TPSA) is 89.7 Å². The molecule has 0 unspecified atom stereocenters. The first-order valence-corrected chi connectivity index (χ1v) is 6.39. The van der Waals surface area contributed by atoms with Gasteiger partial charge in [0.1, 0.15) is 11.4 Å². The second kappa shape index (κ2) is 6.66. The number of rotatable bonds is 5. The van der Waals surface area contributed by atoms with Gasteiger partial charge in [0.2, 0.25) is 0 Å². The van der Waals surface area contributed by atoms with Gasteiger partial charge in [-0.1, -0.05) is 0 Å². The fourth-order valence-corrected chi connectivity index (χ4v) is 1.94. The summed E-state index contributed by atoms with van der Waals surface area (Å²) in [7, 11) is 4.00. The molecule has 0 fully saturated rings. The van der Waals surface area contributed by atoms with Crippen LogP contribution >= 0.6 is 0 Å². The molecule has 0 aliphatic rings. The van der Waals surface area contributed by atoms with Crippen LogP contribution in [0.1, 0.15) is 0 Å². The maximum Gasteiger partial charge on any atom is 0.354 e. The summed E-state index contributed by atoms with van der Waals surface area (Å²) in [4.78, 5) is 26.2. The number of carbonyl (C=O) groups is 2. The van der Waals surface area contributed by atoms with E-state index in [-0.39, 0.29) is 5.70 Å². The minimum Gasteiger partial charge on any atom is -0.497 e. The van der Waals surface area contributed by atoms with Crippen LogP contribution in [0.5, 0.6) is 5.75 Å². The lowest BCUT2D eigenvalue weighted by Crippen LogP contribution is -2.15. The molecule has 0 amide bonds. The molecule has 2 rings (SSSR count). The molecular weight excluding hydrogens is 288 g/mol. The largest absolute Gasteiger partial charge is 0.497 e. The zero-order valence-corrected chi connectivity index (χ0v) is 12.4. The van der Waals surface area contributed by atoms with Crippen molar-refractivity contribution < 1.29 is 23.8 Å². The van der Waals surface area contributed by atoms with E-state index < -0.39 is 11.9 Å². The van der Waals surface area contributed by atoms with Crippen LogP contribution in [-0.4, -0.2) is 38.3 Å². The molecule has 7 heteroatoms. The third kappa shape index (κ3) is 3.20. The number of fused-ring (bicyclic) bond motifs is 1. The van der Waals surface area contributed by atoms with E-state index in [1.807, 2.05) is 12.1 Å². The van der Waals surface area contributed by atoms with E-state index in [1.165, 1.54) is 14.2 Å². The minimum absolute atomic E-state index is 0.0431. The van der Waals surface area contributed by atoms with Crippen LogP contribution in [0.2, 0.25) is 0 Å². The van der Waals surface area contributed by atoms with Crippen LogP contribution in [-0.2, 0) is 19.1 Å². The summed E-state index contributed by atoms with van der Waals surface area (Å²) in [5, 5.41) is 3.77. The Bertz CT molecular complexity index is 733. The van der Waals surface area contributed by atoms with Crippen molar-refractivity contribution in [2.24, 2.45) is 0 Å². The summed E-state index contributed by atoms with van der Waals surface area (Å²) in [5.74, 6) is -0.747. The summed E-state index contributed by atoms with van der Waals surface area (Å²) in [6.45, 7) is 0. The molecule has 0 saturated heterocycles. The van der Waals surface area contributed by atoms with Crippen LogP contribution in [0, 0.1) is 0 Å². The van der Waals surface area contributed by atoms with E-state index in [0.29, 0.717) is 11.4 Å². The summed E-state index contributed by atoms with van der Waals surface area (Å²) < 4.78 is 14.4. The number of hydrogen-bond acceptors (Lipinski definition) is 6. The predicted octanol–water partition coefficient (Wildman–Crippen LogP) is 1.82. The van der Waals surface area contributed by atoms with Gasteiger partial charge in [0.25, 0.3) is 0 Å². The number of H-pyrrole nitrogens is 1. The van der Waals surface area contributed by atoms with Crippen molar-refractivity contribution in [3.05, 3.63) is 36.2 Å². The average Bonchev–Trinajstić information content (AvgIpc) is 3.01. The molecular formula is C15H16N2O5. The summed E-state index contributed by atoms with van der Waals surface area (Å²) >= 11 is 0. The Morgan fingerprint density at radius 1 is 1.18 bits per heavy atom. The van der Waals surface area contributed by atoms with Gasteiger partial charge in [-0.15, -0.1) is 0 Å². The predicted molar refractivity (Wildman–Crippen MR) is 80.6 cm³/mol. The molecule has 0 radical (unpaired) electrons. The molecule has 1 heterocycles. The first-order chi connectivity index (χ1) is 10.6. The van der Waals surface area contributed by atoms with Crippen molar-refractivity contribution in [3.8, 4) is 5.75 Å². The first-order valence-electron chi connectivity index (χ1n) is 6.39. The van der Waals surface area contributed by atoms with E-state index in [9.17, 15) is 9.59 Å². The lowest BCUT2D eigenvalue weighted by atomic mass is 10.2. The monoisotopic (exact) mass is 304 g/mol.